The molecule has 114 valence electrons. The molecule has 0 spiro atoms. The molecule has 1 saturated heterocycles. The van der Waals surface area contributed by atoms with Crippen molar-refractivity contribution in [3.05, 3.63) is 10.9 Å². The maximum absolute atomic E-state index is 12.7. The molecule has 1 aromatic heterocycles. The summed E-state index contributed by atoms with van der Waals surface area (Å²) in [5.41, 5.74) is 6.05. The number of carbonyl (C=O) groups is 2. The van der Waals surface area contributed by atoms with Gasteiger partial charge in [0.1, 0.15) is 5.54 Å². The van der Waals surface area contributed by atoms with Gasteiger partial charge in [-0.25, -0.2) is 0 Å². The minimum Gasteiger partial charge on any atom is -0.403 e. The normalized spacial score (nSPS) is 26.1. The number of nitrogen functional groups attached to an aromatic ring is 1. The van der Waals surface area contributed by atoms with Crippen molar-refractivity contribution < 1.29 is 14.4 Å². The summed E-state index contributed by atoms with van der Waals surface area (Å²) in [6, 6.07) is 0. The van der Waals surface area contributed by atoms with Crippen molar-refractivity contribution in [1.29, 1.82) is 0 Å². The number of thiophene rings is 1. The van der Waals surface area contributed by atoms with Crippen molar-refractivity contribution >= 4 is 28.2 Å². The predicted octanol–water partition coefficient (Wildman–Crippen LogP) is 1.76. The fourth-order valence-corrected chi connectivity index (χ4v) is 3.59. The van der Waals surface area contributed by atoms with E-state index >= 15 is 0 Å². The smallest absolute Gasteiger partial charge is 0.252 e. The van der Waals surface area contributed by atoms with Crippen LogP contribution in [0.5, 0.6) is 5.75 Å². The molecule has 1 fully saturated rings. The summed E-state index contributed by atoms with van der Waals surface area (Å²) in [6.45, 7) is 4.75. The largest absolute Gasteiger partial charge is 0.403 e. The van der Waals surface area contributed by atoms with Gasteiger partial charge in [0.2, 0.25) is 5.91 Å². The summed E-state index contributed by atoms with van der Waals surface area (Å²) in [7, 11) is 0. The first-order valence-electron chi connectivity index (χ1n) is 7.13. The Bertz CT molecular complexity index is 600. The second-order valence-corrected chi connectivity index (χ2v) is 6.61. The van der Waals surface area contributed by atoms with Crippen LogP contribution in [0.4, 0.5) is 5.00 Å². The molecule has 21 heavy (non-hydrogen) atoms. The van der Waals surface area contributed by atoms with E-state index in [2.05, 4.69) is 0 Å². The van der Waals surface area contributed by atoms with Gasteiger partial charge in [-0.3, -0.25) is 14.5 Å². The van der Waals surface area contributed by atoms with Crippen LogP contribution in [0.25, 0.3) is 0 Å². The van der Waals surface area contributed by atoms with Gasteiger partial charge in [-0.1, -0.05) is 6.92 Å². The van der Waals surface area contributed by atoms with Crippen molar-refractivity contribution in [3.8, 4) is 5.75 Å². The van der Waals surface area contributed by atoms with E-state index in [9.17, 15) is 9.59 Å². The van der Waals surface area contributed by atoms with E-state index in [0.29, 0.717) is 25.9 Å². The quantitative estimate of drug-likeness (QED) is 0.861. The lowest BCUT2D eigenvalue weighted by molar-refractivity contribution is -0.182. The van der Waals surface area contributed by atoms with Crippen LogP contribution >= 0.6 is 11.3 Å². The van der Waals surface area contributed by atoms with E-state index < -0.39 is 5.54 Å². The molecule has 0 aromatic carbocycles. The Kier molecular flexibility index (Phi) is 3.41. The fraction of sp³-hybridized carbons (Fsp3) is 0.571. The molecule has 0 saturated carbocycles. The molecule has 2 amide bonds. The summed E-state index contributed by atoms with van der Waals surface area (Å²) in [6.07, 6.45) is 1.59. The van der Waals surface area contributed by atoms with E-state index in [1.165, 1.54) is 16.2 Å². The van der Waals surface area contributed by atoms with Crippen LogP contribution in [0.1, 0.15) is 38.7 Å². The first kappa shape index (κ1) is 14.3. The summed E-state index contributed by atoms with van der Waals surface area (Å²) in [5.74, 6) is 0.464. The minimum atomic E-state index is -0.813. The second kappa shape index (κ2) is 4.99. The third kappa shape index (κ3) is 2.11. The zero-order valence-corrected chi connectivity index (χ0v) is 13.0. The topological polar surface area (TPSA) is 75.9 Å². The highest BCUT2D eigenvalue weighted by molar-refractivity contribution is 7.14. The monoisotopic (exact) mass is 309 g/mol. The van der Waals surface area contributed by atoms with Gasteiger partial charge in [-0.15, -0.1) is 16.4 Å². The van der Waals surface area contributed by atoms with Crippen LogP contribution in [-0.4, -0.2) is 33.9 Å². The van der Waals surface area contributed by atoms with Gasteiger partial charge in [-0.05, 0) is 19.8 Å². The van der Waals surface area contributed by atoms with E-state index in [4.69, 9.17) is 10.6 Å². The molecule has 1 atom stereocenters. The minimum absolute atomic E-state index is 0.0905. The van der Waals surface area contributed by atoms with E-state index in [-0.39, 0.29) is 11.8 Å². The number of hydrogen-bond acceptors (Lipinski definition) is 6. The number of carbonyl (C=O) groups excluding carboxylic acids is 2. The SMILES string of the molecule is CCCN1C(=O)CCC(C)(N2Cc3c(csc3N)O2)C1=O. The lowest BCUT2D eigenvalue weighted by Gasteiger charge is -2.42. The molecule has 0 bridgehead atoms. The van der Waals surface area contributed by atoms with Crippen LogP contribution < -0.4 is 10.6 Å². The number of piperidine rings is 1. The molecule has 3 rings (SSSR count). The van der Waals surface area contributed by atoms with Gasteiger partial charge in [0.25, 0.3) is 5.91 Å². The first-order chi connectivity index (χ1) is 9.97. The van der Waals surface area contributed by atoms with Crippen molar-refractivity contribution in [3.63, 3.8) is 0 Å². The highest BCUT2D eigenvalue weighted by Gasteiger charge is 2.50. The first-order valence-corrected chi connectivity index (χ1v) is 8.01. The Morgan fingerprint density at radius 1 is 1.48 bits per heavy atom. The molecule has 7 heteroatoms. The molecule has 0 radical (unpaired) electrons. The lowest BCUT2D eigenvalue weighted by Crippen LogP contribution is -2.62. The number of nitrogens with two attached hydrogens (primary N) is 1. The molecule has 2 N–H and O–H groups in total. The standard InChI is InChI=1S/C14H19N3O3S/c1-3-6-16-11(18)4-5-14(2,13(16)19)17-7-9-10(20-17)8-21-12(9)15/h8H,3-7,15H2,1-2H3. The number of rotatable bonds is 3. The lowest BCUT2D eigenvalue weighted by atomic mass is 9.89. The van der Waals surface area contributed by atoms with Crippen LogP contribution in [0, 0.1) is 0 Å². The number of hydrogen-bond donors (Lipinski definition) is 1. The summed E-state index contributed by atoms with van der Waals surface area (Å²) < 4.78 is 0. The van der Waals surface area contributed by atoms with Gasteiger partial charge in [0, 0.05) is 23.9 Å². The number of imide groups is 1. The average Bonchev–Trinajstić information content (AvgIpc) is 3.03. The number of nitrogens with zero attached hydrogens (tertiary/aromatic N) is 2. The second-order valence-electron chi connectivity index (χ2n) is 5.70. The summed E-state index contributed by atoms with van der Waals surface area (Å²) >= 11 is 1.44. The van der Waals surface area contributed by atoms with Crippen LogP contribution in [-0.2, 0) is 16.1 Å². The number of likely N-dealkylation sites (tertiary alicyclic amines) is 1. The zero-order chi connectivity index (χ0) is 15.2. The summed E-state index contributed by atoms with van der Waals surface area (Å²) in [5, 5.41) is 4.26. The Morgan fingerprint density at radius 3 is 2.90 bits per heavy atom. The van der Waals surface area contributed by atoms with Crippen LogP contribution in [0.2, 0.25) is 0 Å². The average molecular weight is 309 g/mol. The zero-order valence-electron chi connectivity index (χ0n) is 12.2. The molecule has 1 aromatic rings. The molecule has 0 aliphatic carbocycles. The molecule has 2 aliphatic rings. The number of fused-ring (bicyclic) bond motifs is 1. The molecular formula is C14H19N3O3S. The Hall–Kier alpha value is -1.60. The molecule has 1 unspecified atom stereocenters. The van der Waals surface area contributed by atoms with Crippen LogP contribution in [0.15, 0.2) is 5.38 Å². The molecular weight excluding hydrogens is 290 g/mol. The van der Waals surface area contributed by atoms with Crippen molar-refractivity contribution in [2.45, 2.75) is 45.2 Å². The third-order valence-corrected chi connectivity index (χ3v) is 5.06. The van der Waals surface area contributed by atoms with E-state index in [1.807, 2.05) is 19.2 Å². The van der Waals surface area contributed by atoms with Crippen LogP contribution in [0.3, 0.4) is 0 Å². The Morgan fingerprint density at radius 2 is 2.24 bits per heavy atom. The summed E-state index contributed by atoms with van der Waals surface area (Å²) in [4.78, 5) is 31.9. The maximum Gasteiger partial charge on any atom is 0.252 e. The fourth-order valence-electron chi connectivity index (χ4n) is 2.86. The van der Waals surface area contributed by atoms with E-state index in [1.54, 1.807) is 5.06 Å². The molecule has 6 nitrogen and oxygen atoms in total. The Balaban J connectivity index is 1.84. The van der Waals surface area contributed by atoms with Crippen molar-refractivity contribution in [2.24, 2.45) is 0 Å². The van der Waals surface area contributed by atoms with Gasteiger partial charge in [0.05, 0.1) is 11.5 Å². The van der Waals surface area contributed by atoms with E-state index in [0.717, 1.165) is 22.7 Å². The van der Waals surface area contributed by atoms with Crippen molar-refractivity contribution in [2.75, 3.05) is 12.3 Å². The Labute approximate surface area is 127 Å². The highest BCUT2D eigenvalue weighted by atomic mass is 32.1. The third-order valence-electron chi connectivity index (χ3n) is 4.23. The van der Waals surface area contributed by atoms with Gasteiger partial charge >= 0.3 is 0 Å². The maximum atomic E-state index is 12.7. The molecule has 3 heterocycles. The van der Waals surface area contributed by atoms with Crippen molar-refractivity contribution in [1.82, 2.24) is 9.96 Å². The predicted molar refractivity (Wildman–Crippen MR) is 79.6 cm³/mol. The number of hydroxylamine groups is 2. The number of amides is 2. The number of anilines is 1. The molecule has 2 aliphatic heterocycles. The van der Waals surface area contributed by atoms with Gasteiger partial charge in [0.15, 0.2) is 5.75 Å². The van der Waals surface area contributed by atoms with Gasteiger partial charge in [-0.2, -0.15) is 0 Å². The highest BCUT2D eigenvalue weighted by Crippen LogP contribution is 2.42. The van der Waals surface area contributed by atoms with Gasteiger partial charge < -0.3 is 10.6 Å².